The summed E-state index contributed by atoms with van der Waals surface area (Å²) in [5.41, 5.74) is 6.60. The van der Waals surface area contributed by atoms with Gasteiger partial charge in [0, 0.05) is 11.8 Å². The molecule has 114 valence electrons. The fraction of sp³-hybridized carbons (Fsp3) is 0. The number of pyridine rings is 1. The van der Waals surface area contributed by atoms with Crippen LogP contribution in [0.4, 0.5) is 0 Å². The molecule has 2 heterocycles. The van der Waals surface area contributed by atoms with E-state index < -0.39 is 11.8 Å². The van der Waals surface area contributed by atoms with E-state index in [0.29, 0.717) is 5.69 Å². The van der Waals surface area contributed by atoms with E-state index in [4.69, 9.17) is 0 Å². The van der Waals surface area contributed by atoms with Gasteiger partial charge in [0.1, 0.15) is 11.4 Å². The van der Waals surface area contributed by atoms with Crippen LogP contribution in [0.3, 0.4) is 0 Å². The Morgan fingerprint density at radius 2 is 1.65 bits per heavy atom. The number of carbonyl (C=O) groups excluding carboxylic acids is 2. The number of carbonyl (C=O) groups is 2. The first-order chi connectivity index (χ1) is 11.2. The number of benzene rings is 1. The van der Waals surface area contributed by atoms with Crippen molar-refractivity contribution in [2.45, 2.75) is 0 Å². The predicted octanol–water partition coefficient (Wildman–Crippen LogP) is 1.55. The number of H-pyrrole nitrogens is 1. The zero-order chi connectivity index (χ0) is 16.1. The summed E-state index contributed by atoms with van der Waals surface area (Å²) in [5.74, 6) is -0.995. The van der Waals surface area contributed by atoms with Crippen LogP contribution in [0, 0.1) is 0 Å². The van der Waals surface area contributed by atoms with Crippen molar-refractivity contribution < 1.29 is 9.59 Å². The quantitative estimate of drug-likeness (QED) is 0.639. The van der Waals surface area contributed by atoms with Crippen LogP contribution in [0.1, 0.15) is 21.0 Å². The van der Waals surface area contributed by atoms with Crippen LogP contribution >= 0.6 is 0 Å². The van der Waals surface area contributed by atoms with Gasteiger partial charge in [-0.25, -0.2) is 0 Å². The van der Waals surface area contributed by atoms with Crippen LogP contribution in [-0.4, -0.2) is 27.0 Å². The molecular formula is C16H13N5O2. The molecule has 0 aliphatic heterocycles. The molecule has 0 aliphatic rings. The highest BCUT2D eigenvalue weighted by Crippen LogP contribution is 2.16. The second kappa shape index (κ2) is 6.52. The van der Waals surface area contributed by atoms with Gasteiger partial charge in [0.25, 0.3) is 11.8 Å². The monoisotopic (exact) mass is 307 g/mol. The van der Waals surface area contributed by atoms with Gasteiger partial charge in [-0.1, -0.05) is 36.4 Å². The minimum Gasteiger partial charge on any atom is -0.272 e. The van der Waals surface area contributed by atoms with Crippen LogP contribution in [-0.2, 0) is 0 Å². The maximum atomic E-state index is 12.0. The maximum absolute atomic E-state index is 12.0. The molecule has 0 saturated heterocycles. The van der Waals surface area contributed by atoms with E-state index in [2.05, 4.69) is 26.0 Å². The number of amides is 2. The van der Waals surface area contributed by atoms with Crippen molar-refractivity contribution in [3.05, 3.63) is 72.2 Å². The average Bonchev–Trinajstić information content (AvgIpc) is 3.11. The minimum absolute atomic E-state index is 0.211. The molecule has 3 aromatic rings. The fourth-order valence-electron chi connectivity index (χ4n) is 1.94. The van der Waals surface area contributed by atoms with E-state index in [1.807, 2.05) is 30.3 Å². The Kier molecular flexibility index (Phi) is 4.10. The van der Waals surface area contributed by atoms with E-state index in [0.717, 1.165) is 5.56 Å². The summed E-state index contributed by atoms with van der Waals surface area (Å²) < 4.78 is 0. The Bertz CT molecular complexity index is 815. The average molecular weight is 307 g/mol. The lowest BCUT2D eigenvalue weighted by molar-refractivity contribution is 0.0841. The lowest BCUT2D eigenvalue weighted by Crippen LogP contribution is -2.42. The highest BCUT2D eigenvalue weighted by Gasteiger charge is 2.12. The van der Waals surface area contributed by atoms with Crippen molar-refractivity contribution in [1.29, 1.82) is 0 Å². The van der Waals surface area contributed by atoms with Crippen LogP contribution in [0.2, 0.25) is 0 Å². The first kappa shape index (κ1) is 14.5. The summed E-state index contributed by atoms with van der Waals surface area (Å²) in [4.78, 5) is 27.7. The number of nitrogens with zero attached hydrogens (tertiary/aromatic N) is 2. The van der Waals surface area contributed by atoms with Crippen molar-refractivity contribution in [1.82, 2.24) is 26.0 Å². The highest BCUT2D eigenvalue weighted by molar-refractivity contribution is 5.97. The molecule has 2 aromatic heterocycles. The van der Waals surface area contributed by atoms with Gasteiger partial charge in [0.2, 0.25) is 0 Å². The number of hydrogen-bond donors (Lipinski definition) is 3. The summed E-state index contributed by atoms with van der Waals surface area (Å²) in [6.07, 6.45) is 1.50. The molecule has 0 spiro atoms. The van der Waals surface area contributed by atoms with Gasteiger partial charge in [0.05, 0.1) is 5.69 Å². The van der Waals surface area contributed by atoms with E-state index in [1.165, 1.54) is 6.20 Å². The molecule has 0 unspecified atom stereocenters. The Morgan fingerprint density at radius 3 is 2.39 bits per heavy atom. The van der Waals surface area contributed by atoms with Gasteiger partial charge < -0.3 is 0 Å². The molecular weight excluding hydrogens is 294 g/mol. The number of aromatic nitrogens is 3. The summed E-state index contributed by atoms with van der Waals surface area (Å²) >= 11 is 0. The normalized spacial score (nSPS) is 10.1. The summed E-state index contributed by atoms with van der Waals surface area (Å²) in [5, 5.41) is 6.72. The number of aromatic amines is 1. The Balaban J connectivity index is 1.63. The van der Waals surface area contributed by atoms with Crippen molar-refractivity contribution in [3.8, 4) is 11.3 Å². The Hall–Kier alpha value is -3.48. The van der Waals surface area contributed by atoms with Gasteiger partial charge in [0.15, 0.2) is 0 Å². The second-order valence-corrected chi connectivity index (χ2v) is 4.66. The molecule has 7 heteroatoms. The van der Waals surface area contributed by atoms with Crippen molar-refractivity contribution in [2.24, 2.45) is 0 Å². The molecule has 3 rings (SSSR count). The standard InChI is InChI=1S/C16H13N5O2/c22-15(12-8-4-5-9-17-12)20-21-16(23)14-10-13(18-19-14)11-6-2-1-3-7-11/h1-10H,(H,18,19)(H,20,22)(H,21,23). The summed E-state index contributed by atoms with van der Waals surface area (Å²) in [7, 11) is 0. The van der Waals surface area contributed by atoms with Crippen LogP contribution in [0.25, 0.3) is 11.3 Å². The first-order valence-corrected chi connectivity index (χ1v) is 6.86. The van der Waals surface area contributed by atoms with Crippen LogP contribution < -0.4 is 10.9 Å². The lowest BCUT2D eigenvalue weighted by Gasteiger charge is -2.05. The lowest BCUT2D eigenvalue weighted by atomic mass is 10.1. The first-order valence-electron chi connectivity index (χ1n) is 6.86. The molecule has 0 saturated carbocycles. The molecule has 2 amide bonds. The van der Waals surface area contributed by atoms with Gasteiger partial charge >= 0.3 is 0 Å². The van der Waals surface area contributed by atoms with Crippen molar-refractivity contribution >= 4 is 11.8 Å². The molecule has 1 aromatic carbocycles. The maximum Gasteiger partial charge on any atom is 0.288 e. The van der Waals surface area contributed by atoms with Crippen LogP contribution in [0.15, 0.2) is 60.8 Å². The third kappa shape index (κ3) is 3.41. The van der Waals surface area contributed by atoms with Gasteiger partial charge in [-0.3, -0.25) is 30.5 Å². The smallest absolute Gasteiger partial charge is 0.272 e. The van der Waals surface area contributed by atoms with Crippen molar-refractivity contribution in [3.63, 3.8) is 0 Å². The predicted molar refractivity (Wildman–Crippen MR) is 83.2 cm³/mol. The molecule has 0 atom stereocenters. The fourth-order valence-corrected chi connectivity index (χ4v) is 1.94. The van der Waals surface area contributed by atoms with E-state index >= 15 is 0 Å². The third-order valence-electron chi connectivity index (χ3n) is 3.08. The summed E-state index contributed by atoms with van der Waals surface area (Å²) in [6, 6.07) is 16.0. The molecule has 7 nitrogen and oxygen atoms in total. The third-order valence-corrected chi connectivity index (χ3v) is 3.08. The van der Waals surface area contributed by atoms with E-state index in [1.54, 1.807) is 24.3 Å². The number of hydrogen-bond acceptors (Lipinski definition) is 4. The SMILES string of the molecule is O=C(NNC(=O)c1cc(-c2ccccc2)n[nH]1)c1ccccn1. The molecule has 23 heavy (non-hydrogen) atoms. The summed E-state index contributed by atoms with van der Waals surface area (Å²) in [6.45, 7) is 0. The topological polar surface area (TPSA) is 99.8 Å². The Labute approximate surface area is 131 Å². The zero-order valence-electron chi connectivity index (χ0n) is 12.0. The van der Waals surface area contributed by atoms with E-state index in [-0.39, 0.29) is 11.4 Å². The second-order valence-electron chi connectivity index (χ2n) is 4.66. The largest absolute Gasteiger partial charge is 0.288 e. The molecule has 0 radical (unpaired) electrons. The van der Waals surface area contributed by atoms with Gasteiger partial charge in [-0.2, -0.15) is 5.10 Å². The van der Waals surface area contributed by atoms with Gasteiger partial charge in [-0.15, -0.1) is 0 Å². The minimum atomic E-state index is -0.498. The molecule has 0 aliphatic carbocycles. The number of nitrogens with one attached hydrogen (secondary N) is 3. The molecule has 0 fully saturated rings. The Morgan fingerprint density at radius 1 is 0.913 bits per heavy atom. The number of hydrazine groups is 1. The highest BCUT2D eigenvalue weighted by atomic mass is 16.2. The zero-order valence-corrected chi connectivity index (χ0v) is 12.0. The molecule has 3 N–H and O–H groups in total. The van der Waals surface area contributed by atoms with Gasteiger partial charge in [-0.05, 0) is 18.2 Å². The van der Waals surface area contributed by atoms with E-state index in [9.17, 15) is 9.59 Å². The van der Waals surface area contributed by atoms with Crippen LogP contribution in [0.5, 0.6) is 0 Å². The number of rotatable bonds is 3. The molecule has 0 bridgehead atoms. The van der Waals surface area contributed by atoms with Crippen molar-refractivity contribution in [2.75, 3.05) is 0 Å².